The second kappa shape index (κ2) is 6.79. The molecule has 6 nitrogen and oxygen atoms in total. The van der Waals surface area contributed by atoms with E-state index in [1.54, 1.807) is 16.4 Å². The molecule has 0 bridgehead atoms. The minimum Gasteiger partial charge on any atom is -0.376 e. The molecular formula is C19H25N3O3S. The minimum atomic E-state index is -3.54. The maximum Gasteiger partial charge on any atom is 0.243 e. The number of nitrogens with zero attached hydrogens (tertiary/aromatic N) is 3. The van der Waals surface area contributed by atoms with Crippen molar-refractivity contribution < 1.29 is 13.2 Å². The Hall–Kier alpha value is -1.70. The summed E-state index contributed by atoms with van der Waals surface area (Å²) in [5, 5.41) is 4.69. The molecule has 26 heavy (non-hydrogen) atoms. The molecule has 4 rings (SSSR count). The Morgan fingerprint density at radius 3 is 2.77 bits per heavy atom. The van der Waals surface area contributed by atoms with Gasteiger partial charge in [0, 0.05) is 31.3 Å². The molecule has 7 heteroatoms. The summed E-state index contributed by atoms with van der Waals surface area (Å²) in [6.07, 6.45) is 3.38. The molecule has 0 spiro atoms. The standard InChI is InChI=1S/C19H25N3O3S/c1-3-14-6-8-15(9-7-14)26(23,24)22-11-4-5-18(22)19-16-13-25-12-10-17(16)21(2)20-19/h6-9,18H,3-5,10-13H2,1-2H3. The van der Waals surface area contributed by atoms with Crippen LogP contribution in [0, 0.1) is 0 Å². The number of benzene rings is 1. The largest absolute Gasteiger partial charge is 0.376 e. The van der Waals surface area contributed by atoms with E-state index in [0.717, 1.165) is 42.5 Å². The van der Waals surface area contributed by atoms with E-state index in [2.05, 4.69) is 12.0 Å². The normalized spacial score (nSPS) is 21.1. The third-order valence-electron chi connectivity index (χ3n) is 5.49. The van der Waals surface area contributed by atoms with Gasteiger partial charge >= 0.3 is 0 Å². The van der Waals surface area contributed by atoms with Crippen molar-refractivity contribution in [1.82, 2.24) is 14.1 Å². The van der Waals surface area contributed by atoms with Crippen molar-refractivity contribution in [2.45, 2.75) is 50.2 Å². The highest BCUT2D eigenvalue weighted by Crippen LogP contribution is 2.39. The molecule has 0 aliphatic carbocycles. The first-order chi connectivity index (χ1) is 12.5. The molecule has 1 saturated heterocycles. The molecule has 1 atom stereocenters. The number of sulfonamides is 1. The van der Waals surface area contributed by atoms with Crippen LogP contribution < -0.4 is 0 Å². The average Bonchev–Trinajstić information content (AvgIpc) is 3.27. The molecule has 2 aliphatic heterocycles. The second-order valence-corrected chi connectivity index (χ2v) is 8.90. The number of rotatable bonds is 4. The van der Waals surface area contributed by atoms with Crippen molar-refractivity contribution >= 4 is 10.0 Å². The Kier molecular flexibility index (Phi) is 4.62. The summed E-state index contributed by atoms with van der Waals surface area (Å²) in [4.78, 5) is 0.364. The maximum absolute atomic E-state index is 13.3. The van der Waals surface area contributed by atoms with Crippen LogP contribution in [0.15, 0.2) is 29.2 Å². The fourth-order valence-corrected chi connectivity index (χ4v) is 5.70. The molecule has 3 heterocycles. The summed E-state index contributed by atoms with van der Waals surface area (Å²) in [6.45, 7) is 3.82. The van der Waals surface area contributed by atoms with Crippen LogP contribution in [0.25, 0.3) is 0 Å². The monoisotopic (exact) mass is 375 g/mol. The second-order valence-electron chi connectivity index (χ2n) is 7.01. The Bertz CT molecular complexity index is 903. The molecule has 0 saturated carbocycles. The highest BCUT2D eigenvalue weighted by molar-refractivity contribution is 7.89. The van der Waals surface area contributed by atoms with Crippen LogP contribution in [-0.4, -0.2) is 35.7 Å². The molecule has 1 fully saturated rings. The van der Waals surface area contributed by atoms with Gasteiger partial charge in [0.25, 0.3) is 0 Å². The van der Waals surface area contributed by atoms with Crippen molar-refractivity contribution in [1.29, 1.82) is 0 Å². The zero-order chi connectivity index (χ0) is 18.3. The summed E-state index contributed by atoms with van der Waals surface area (Å²) in [7, 11) is -1.60. The molecule has 2 aromatic rings. The van der Waals surface area contributed by atoms with E-state index in [1.165, 1.54) is 5.69 Å². The number of hydrogen-bond acceptors (Lipinski definition) is 4. The Balaban J connectivity index is 1.70. The lowest BCUT2D eigenvalue weighted by Crippen LogP contribution is -2.31. The van der Waals surface area contributed by atoms with Gasteiger partial charge in [0.1, 0.15) is 0 Å². The van der Waals surface area contributed by atoms with Crippen molar-refractivity contribution in [2.75, 3.05) is 13.2 Å². The van der Waals surface area contributed by atoms with Crippen molar-refractivity contribution in [3.05, 3.63) is 46.8 Å². The van der Waals surface area contributed by atoms with Gasteiger partial charge in [-0.05, 0) is 37.0 Å². The summed E-state index contributed by atoms with van der Waals surface area (Å²) in [6, 6.07) is 7.03. The molecule has 2 aliphatic rings. The topological polar surface area (TPSA) is 64.4 Å². The van der Waals surface area contributed by atoms with Crippen LogP contribution in [0.4, 0.5) is 0 Å². The molecule has 1 aromatic carbocycles. The first-order valence-electron chi connectivity index (χ1n) is 9.25. The number of fused-ring (bicyclic) bond motifs is 1. The first kappa shape index (κ1) is 17.7. The van der Waals surface area contributed by atoms with Gasteiger partial charge in [-0.3, -0.25) is 4.68 Å². The fourth-order valence-electron chi connectivity index (χ4n) is 4.04. The van der Waals surface area contributed by atoms with Gasteiger partial charge in [-0.15, -0.1) is 0 Å². The lowest BCUT2D eigenvalue weighted by Gasteiger charge is -2.24. The molecule has 0 radical (unpaired) electrons. The maximum atomic E-state index is 13.3. The fraction of sp³-hybridized carbons (Fsp3) is 0.526. The van der Waals surface area contributed by atoms with Crippen LogP contribution in [-0.2, 0) is 41.3 Å². The predicted molar refractivity (Wildman–Crippen MR) is 98.3 cm³/mol. The van der Waals surface area contributed by atoms with Crippen LogP contribution in [0.3, 0.4) is 0 Å². The Morgan fingerprint density at radius 2 is 2.04 bits per heavy atom. The zero-order valence-corrected chi connectivity index (χ0v) is 16.1. The van der Waals surface area contributed by atoms with Crippen LogP contribution in [0.5, 0.6) is 0 Å². The van der Waals surface area contributed by atoms with E-state index in [0.29, 0.717) is 24.7 Å². The first-order valence-corrected chi connectivity index (χ1v) is 10.7. The summed E-state index contributed by atoms with van der Waals surface area (Å²) in [5.74, 6) is 0. The van der Waals surface area contributed by atoms with Gasteiger partial charge in [0.15, 0.2) is 0 Å². The number of ether oxygens (including phenoxy) is 1. The van der Waals surface area contributed by atoms with E-state index < -0.39 is 10.0 Å². The molecule has 1 unspecified atom stereocenters. The van der Waals surface area contributed by atoms with Gasteiger partial charge in [0.2, 0.25) is 10.0 Å². The molecule has 0 amide bonds. The molecule has 1 aromatic heterocycles. The average molecular weight is 375 g/mol. The number of aryl methyl sites for hydroxylation is 2. The quantitative estimate of drug-likeness (QED) is 0.824. The lowest BCUT2D eigenvalue weighted by atomic mass is 10.0. The third kappa shape index (κ3) is 2.88. The van der Waals surface area contributed by atoms with E-state index in [1.807, 2.05) is 23.9 Å². The highest BCUT2D eigenvalue weighted by Gasteiger charge is 2.39. The number of hydrogen-bond donors (Lipinski definition) is 0. The predicted octanol–water partition coefficient (Wildman–Crippen LogP) is 2.58. The molecule has 140 valence electrons. The van der Waals surface area contributed by atoms with Crippen molar-refractivity contribution in [2.24, 2.45) is 7.05 Å². The summed E-state index contributed by atoms with van der Waals surface area (Å²) >= 11 is 0. The van der Waals surface area contributed by atoms with E-state index in [4.69, 9.17) is 4.74 Å². The summed E-state index contributed by atoms with van der Waals surface area (Å²) in [5.41, 5.74) is 4.25. The van der Waals surface area contributed by atoms with Gasteiger partial charge < -0.3 is 4.74 Å². The van der Waals surface area contributed by atoms with Gasteiger partial charge in [-0.1, -0.05) is 19.1 Å². The van der Waals surface area contributed by atoms with Gasteiger partial charge in [0.05, 0.1) is 29.8 Å². The Labute approximate surface area is 154 Å². The van der Waals surface area contributed by atoms with Crippen molar-refractivity contribution in [3.63, 3.8) is 0 Å². The number of aromatic nitrogens is 2. The Morgan fingerprint density at radius 1 is 1.27 bits per heavy atom. The molecule has 0 N–H and O–H groups in total. The molecular weight excluding hydrogens is 350 g/mol. The van der Waals surface area contributed by atoms with E-state index in [-0.39, 0.29) is 6.04 Å². The minimum absolute atomic E-state index is 0.206. The van der Waals surface area contributed by atoms with Gasteiger partial charge in [-0.25, -0.2) is 8.42 Å². The third-order valence-corrected chi connectivity index (χ3v) is 7.42. The van der Waals surface area contributed by atoms with E-state index in [9.17, 15) is 8.42 Å². The highest BCUT2D eigenvalue weighted by atomic mass is 32.2. The van der Waals surface area contributed by atoms with Crippen LogP contribution in [0.1, 0.15) is 48.3 Å². The zero-order valence-electron chi connectivity index (χ0n) is 15.3. The van der Waals surface area contributed by atoms with E-state index >= 15 is 0 Å². The van der Waals surface area contributed by atoms with Crippen LogP contribution in [0.2, 0.25) is 0 Å². The van der Waals surface area contributed by atoms with Crippen LogP contribution >= 0.6 is 0 Å². The lowest BCUT2D eigenvalue weighted by molar-refractivity contribution is 0.108. The smallest absolute Gasteiger partial charge is 0.243 e. The summed E-state index contributed by atoms with van der Waals surface area (Å²) < 4.78 is 35.7. The SMILES string of the molecule is CCc1ccc(S(=O)(=O)N2CCCC2c2nn(C)c3c2COCC3)cc1. The van der Waals surface area contributed by atoms with Crippen molar-refractivity contribution in [3.8, 4) is 0 Å². The van der Waals surface area contributed by atoms with Gasteiger partial charge in [-0.2, -0.15) is 9.40 Å².